The van der Waals surface area contributed by atoms with Crippen molar-refractivity contribution in [3.8, 4) is 0 Å². The molecule has 0 spiro atoms. The van der Waals surface area contributed by atoms with Gasteiger partial charge in [-0.15, -0.1) is 11.3 Å². The summed E-state index contributed by atoms with van der Waals surface area (Å²) in [5.74, 6) is 0.619. The van der Waals surface area contributed by atoms with Crippen LogP contribution < -0.4 is 10.6 Å². The minimum absolute atomic E-state index is 0.0640. The highest BCUT2D eigenvalue weighted by molar-refractivity contribution is 7.10. The number of hydrogen-bond donors (Lipinski definition) is 2. The van der Waals surface area contributed by atoms with Gasteiger partial charge in [-0.2, -0.15) is 5.10 Å². The van der Waals surface area contributed by atoms with Gasteiger partial charge in [0.05, 0.1) is 6.42 Å². The van der Waals surface area contributed by atoms with Gasteiger partial charge in [0, 0.05) is 35.2 Å². The smallest absolute Gasteiger partial charge is 0.231 e. The third-order valence-corrected chi connectivity index (χ3v) is 5.99. The summed E-state index contributed by atoms with van der Waals surface area (Å²) < 4.78 is 6.87. The molecule has 0 saturated carbocycles. The lowest BCUT2D eigenvalue weighted by Gasteiger charge is -2.22. The Labute approximate surface area is 169 Å². The van der Waals surface area contributed by atoms with Gasteiger partial charge >= 0.3 is 0 Å². The number of nitrogens with zero attached hydrogens (tertiary/aromatic N) is 3. The van der Waals surface area contributed by atoms with Crippen LogP contribution >= 0.6 is 11.3 Å². The second-order valence-corrected chi connectivity index (χ2v) is 7.88. The van der Waals surface area contributed by atoms with Crippen molar-refractivity contribution in [2.45, 2.75) is 18.8 Å². The maximum atomic E-state index is 12.7. The zero-order valence-corrected chi connectivity index (χ0v) is 16.3. The van der Waals surface area contributed by atoms with Crippen LogP contribution in [-0.4, -0.2) is 26.8 Å². The van der Waals surface area contributed by atoms with E-state index in [0.29, 0.717) is 29.3 Å². The molecule has 5 rings (SSSR count). The molecule has 1 aliphatic rings. The summed E-state index contributed by atoms with van der Waals surface area (Å²) in [5.41, 5.74) is 2.05. The van der Waals surface area contributed by atoms with Gasteiger partial charge in [-0.25, -0.2) is 0 Å². The molecule has 8 nitrogen and oxygen atoms in total. The number of fused-ring (bicyclic) bond motifs is 2. The summed E-state index contributed by atoms with van der Waals surface area (Å²) >= 11 is 1.58. The van der Waals surface area contributed by atoms with Gasteiger partial charge in [-0.05, 0) is 23.6 Å². The molecule has 3 aromatic heterocycles. The van der Waals surface area contributed by atoms with Crippen molar-refractivity contribution in [2.24, 2.45) is 7.05 Å². The van der Waals surface area contributed by atoms with Gasteiger partial charge in [-0.3, -0.25) is 14.3 Å². The molecule has 9 heteroatoms. The summed E-state index contributed by atoms with van der Waals surface area (Å²) in [4.78, 5) is 26.0. The molecule has 29 heavy (non-hydrogen) atoms. The Bertz CT molecular complexity index is 1220. The standard InChI is InChI=1S/C20H17N5O3S/c1-25-20-18(12(9-16(26)22-20)15-7-4-8-29-15)19(23-25)21-17(27)10-13-11-5-2-3-6-14(11)28-24-13/h2-8,12H,9-10H2,1H3,(H,22,26)(H,21,23,27)/t12-/m1/s1. The summed E-state index contributed by atoms with van der Waals surface area (Å²) in [6.07, 6.45) is 0.383. The van der Waals surface area contributed by atoms with Gasteiger partial charge in [0.25, 0.3) is 0 Å². The van der Waals surface area contributed by atoms with Crippen LogP contribution in [0.3, 0.4) is 0 Å². The molecular weight excluding hydrogens is 390 g/mol. The predicted molar refractivity (Wildman–Crippen MR) is 109 cm³/mol. The SMILES string of the molecule is Cn1nc(NC(=O)Cc2noc3ccccc23)c2c1NC(=O)C[C@@H]2c1cccs1. The second-order valence-electron chi connectivity index (χ2n) is 6.91. The van der Waals surface area contributed by atoms with Crippen molar-refractivity contribution >= 4 is 45.8 Å². The first-order valence-corrected chi connectivity index (χ1v) is 10.0. The Morgan fingerprint density at radius 1 is 1.34 bits per heavy atom. The van der Waals surface area contributed by atoms with Crippen molar-refractivity contribution in [1.82, 2.24) is 14.9 Å². The third-order valence-electron chi connectivity index (χ3n) is 5.00. The maximum Gasteiger partial charge on any atom is 0.231 e. The van der Waals surface area contributed by atoms with E-state index in [4.69, 9.17) is 4.52 Å². The fraction of sp³-hybridized carbons (Fsp3) is 0.200. The van der Waals surface area contributed by atoms with Gasteiger partial charge < -0.3 is 15.2 Å². The van der Waals surface area contributed by atoms with E-state index in [-0.39, 0.29) is 24.2 Å². The van der Waals surface area contributed by atoms with E-state index < -0.39 is 0 Å². The van der Waals surface area contributed by atoms with Crippen LogP contribution in [0, 0.1) is 0 Å². The number of hydrogen-bond acceptors (Lipinski definition) is 6. The van der Waals surface area contributed by atoms with E-state index in [0.717, 1.165) is 15.8 Å². The van der Waals surface area contributed by atoms with Crippen LogP contribution in [0.1, 0.15) is 28.5 Å². The van der Waals surface area contributed by atoms with Crippen molar-refractivity contribution in [2.75, 3.05) is 10.6 Å². The van der Waals surface area contributed by atoms with Crippen LogP contribution in [0.2, 0.25) is 0 Å². The minimum Gasteiger partial charge on any atom is -0.356 e. The molecule has 2 N–H and O–H groups in total. The Balaban J connectivity index is 1.45. The fourth-order valence-electron chi connectivity index (χ4n) is 3.71. The number of rotatable bonds is 4. The summed E-state index contributed by atoms with van der Waals surface area (Å²) in [7, 11) is 1.75. The molecule has 1 atom stereocenters. The van der Waals surface area contributed by atoms with Crippen molar-refractivity contribution in [1.29, 1.82) is 0 Å². The summed E-state index contributed by atoms with van der Waals surface area (Å²) in [6, 6.07) is 11.4. The van der Waals surface area contributed by atoms with E-state index >= 15 is 0 Å². The molecule has 0 aliphatic carbocycles. The second kappa shape index (κ2) is 6.85. The van der Waals surface area contributed by atoms with E-state index in [9.17, 15) is 9.59 Å². The topological polar surface area (TPSA) is 102 Å². The summed E-state index contributed by atoms with van der Waals surface area (Å²) in [5, 5.41) is 17.0. The van der Waals surface area contributed by atoms with E-state index in [1.54, 1.807) is 23.1 Å². The lowest BCUT2D eigenvalue weighted by molar-refractivity contribution is -0.117. The molecule has 1 aromatic carbocycles. The average Bonchev–Trinajstić information content (AvgIpc) is 3.43. The number of anilines is 2. The Hall–Kier alpha value is -3.46. The summed E-state index contributed by atoms with van der Waals surface area (Å²) in [6.45, 7) is 0. The number of carbonyl (C=O) groups is 2. The number of amides is 2. The highest BCUT2D eigenvalue weighted by Crippen LogP contribution is 2.42. The van der Waals surface area contributed by atoms with Gasteiger partial charge in [-0.1, -0.05) is 23.4 Å². The first-order chi connectivity index (χ1) is 14.1. The Morgan fingerprint density at radius 2 is 2.21 bits per heavy atom. The first-order valence-electron chi connectivity index (χ1n) is 9.13. The maximum absolute atomic E-state index is 12.7. The molecular formula is C20H17N5O3S. The largest absolute Gasteiger partial charge is 0.356 e. The first kappa shape index (κ1) is 17.6. The molecule has 0 unspecified atom stereocenters. The van der Waals surface area contributed by atoms with Crippen LogP contribution in [0.25, 0.3) is 11.0 Å². The van der Waals surface area contributed by atoms with Crippen molar-refractivity contribution in [3.63, 3.8) is 0 Å². The van der Waals surface area contributed by atoms with Crippen LogP contribution in [0.4, 0.5) is 11.6 Å². The average molecular weight is 407 g/mol. The van der Waals surface area contributed by atoms with Crippen LogP contribution in [0.15, 0.2) is 46.3 Å². The predicted octanol–water partition coefficient (Wildman–Crippen LogP) is 3.28. The number of benzene rings is 1. The normalized spacial score (nSPS) is 15.9. The molecule has 1 aliphatic heterocycles. The van der Waals surface area contributed by atoms with Gasteiger partial charge in [0.15, 0.2) is 11.4 Å². The zero-order chi connectivity index (χ0) is 20.0. The molecule has 0 saturated heterocycles. The number of thiophene rings is 1. The highest BCUT2D eigenvalue weighted by atomic mass is 32.1. The van der Waals surface area contributed by atoms with Crippen molar-refractivity contribution in [3.05, 3.63) is 57.9 Å². The molecule has 4 heterocycles. The molecule has 0 fully saturated rings. The lowest BCUT2D eigenvalue weighted by atomic mass is 9.92. The number of aromatic nitrogens is 3. The number of nitrogens with one attached hydrogen (secondary N) is 2. The Morgan fingerprint density at radius 3 is 3.03 bits per heavy atom. The van der Waals surface area contributed by atoms with Crippen LogP contribution in [-0.2, 0) is 23.1 Å². The molecule has 0 radical (unpaired) electrons. The van der Waals surface area contributed by atoms with Gasteiger partial charge in [0.2, 0.25) is 11.8 Å². The van der Waals surface area contributed by atoms with E-state index in [2.05, 4.69) is 20.9 Å². The quantitative estimate of drug-likeness (QED) is 0.541. The van der Waals surface area contributed by atoms with Crippen LogP contribution in [0.5, 0.6) is 0 Å². The fourth-order valence-corrected chi connectivity index (χ4v) is 4.54. The molecule has 2 amide bonds. The minimum atomic E-state index is -0.244. The van der Waals surface area contributed by atoms with Crippen molar-refractivity contribution < 1.29 is 14.1 Å². The third kappa shape index (κ3) is 3.09. The zero-order valence-electron chi connectivity index (χ0n) is 15.5. The van der Waals surface area contributed by atoms with Gasteiger partial charge in [0.1, 0.15) is 11.5 Å². The number of aryl methyl sites for hydroxylation is 1. The highest BCUT2D eigenvalue weighted by Gasteiger charge is 2.34. The Kier molecular flexibility index (Phi) is 4.17. The molecule has 146 valence electrons. The van der Waals surface area contributed by atoms with E-state index in [1.807, 2.05) is 41.8 Å². The lowest BCUT2D eigenvalue weighted by Crippen LogP contribution is -2.25. The number of para-hydroxylation sites is 1. The molecule has 0 bridgehead atoms. The molecule has 4 aromatic rings. The monoisotopic (exact) mass is 407 g/mol. The van der Waals surface area contributed by atoms with E-state index in [1.165, 1.54) is 0 Å². The number of carbonyl (C=O) groups excluding carboxylic acids is 2.